The fourth-order valence-corrected chi connectivity index (χ4v) is 2.37. The van der Waals surface area contributed by atoms with Gasteiger partial charge in [-0.15, -0.1) is 0 Å². The lowest BCUT2D eigenvalue weighted by atomic mass is 10.1. The van der Waals surface area contributed by atoms with E-state index in [9.17, 15) is 4.79 Å². The highest BCUT2D eigenvalue weighted by atomic mass is 16.1. The van der Waals surface area contributed by atoms with Gasteiger partial charge in [0, 0.05) is 12.4 Å². The molecule has 6 heteroatoms. The maximum Gasteiger partial charge on any atom is 0.274 e. The van der Waals surface area contributed by atoms with E-state index in [2.05, 4.69) is 20.7 Å². The molecule has 2 N–H and O–H groups in total. The Morgan fingerprint density at radius 1 is 1.35 bits per heavy atom. The Morgan fingerprint density at radius 3 is 2.95 bits per heavy atom. The molecule has 0 aromatic carbocycles. The van der Waals surface area contributed by atoms with Crippen LogP contribution >= 0.6 is 0 Å². The molecule has 1 aliphatic rings. The highest BCUT2D eigenvalue weighted by molar-refractivity contribution is 6.02. The number of carbonyl (C=O) groups excluding carboxylic acids is 1. The van der Waals surface area contributed by atoms with Gasteiger partial charge in [0.15, 0.2) is 0 Å². The van der Waals surface area contributed by atoms with Crippen LogP contribution in [-0.2, 0) is 0 Å². The number of nitrogens with one attached hydrogen (secondary N) is 2. The van der Waals surface area contributed by atoms with Crippen LogP contribution in [0.1, 0.15) is 29.4 Å². The summed E-state index contributed by atoms with van der Waals surface area (Å²) in [5.74, 6) is -0.213. The zero-order valence-electron chi connectivity index (χ0n) is 11.1. The van der Waals surface area contributed by atoms with Crippen LogP contribution in [0, 0.1) is 0 Å². The van der Waals surface area contributed by atoms with Crippen LogP contribution in [0.3, 0.4) is 0 Å². The van der Waals surface area contributed by atoms with Crippen molar-refractivity contribution < 1.29 is 4.79 Å². The minimum atomic E-state index is -0.213. The van der Waals surface area contributed by atoms with Gasteiger partial charge in [-0.1, -0.05) is 6.07 Å². The third-order valence-electron chi connectivity index (χ3n) is 3.44. The second kappa shape index (κ2) is 5.83. The number of rotatable bonds is 3. The summed E-state index contributed by atoms with van der Waals surface area (Å²) in [6.07, 6.45) is 7.30. The van der Waals surface area contributed by atoms with E-state index >= 15 is 0 Å². The molecule has 0 aliphatic carbocycles. The molecule has 2 aromatic heterocycles. The van der Waals surface area contributed by atoms with Gasteiger partial charge >= 0.3 is 0 Å². The Labute approximate surface area is 117 Å². The van der Waals surface area contributed by atoms with E-state index < -0.39 is 0 Å². The molecule has 0 unspecified atom stereocenters. The summed E-state index contributed by atoms with van der Waals surface area (Å²) in [6, 6.07) is 5.68. The number of carbonyl (C=O) groups is 1. The molecule has 1 saturated heterocycles. The minimum Gasteiger partial charge on any atom is -0.318 e. The molecule has 104 valence electrons. The van der Waals surface area contributed by atoms with Crippen molar-refractivity contribution in [3.8, 4) is 0 Å². The van der Waals surface area contributed by atoms with E-state index in [4.69, 9.17) is 0 Å². The molecule has 0 radical (unpaired) electrons. The standard InChI is InChI=1S/C14H17N5O/c20-14(13-3-1-2-6-16-13)18-11-9-17-19(10-11)12-4-7-15-8-5-12/h1-3,6,9-10,12,15H,4-5,7-8H2,(H,18,20). The molecule has 1 fully saturated rings. The molecule has 0 saturated carbocycles. The van der Waals surface area contributed by atoms with Crippen molar-refractivity contribution in [3.05, 3.63) is 42.5 Å². The van der Waals surface area contributed by atoms with Gasteiger partial charge in [-0.05, 0) is 38.1 Å². The molecule has 2 aromatic rings. The number of hydrogen-bond donors (Lipinski definition) is 2. The molecule has 0 spiro atoms. The zero-order chi connectivity index (χ0) is 13.8. The SMILES string of the molecule is O=C(Nc1cnn(C2CCNCC2)c1)c1ccccn1. The minimum absolute atomic E-state index is 0.213. The van der Waals surface area contributed by atoms with E-state index in [0.29, 0.717) is 17.4 Å². The number of hydrogen-bond acceptors (Lipinski definition) is 4. The van der Waals surface area contributed by atoms with Crippen LogP contribution in [0.4, 0.5) is 5.69 Å². The van der Waals surface area contributed by atoms with Gasteiger partial charge in [0.1, 0.15) is 5.69 Å². The third-order valence-corrected chi connectivity index (χ3v) is 3.44. The van der Waals surface area contributed by atoms with Gasteiger partial charge in [0.05, 0.1) is 17.9 Å². The second-order valence-corrected chi connectivity index (χ2v) is 4.86. The monoisotopic (exact) mass is 271 g/mol. The van der Waals surface area contributed by atoms with E-state index in [0.717, 1.165) is 25.9 Å². The highest BCUT2D eigenvalue weighted by Gasteiger charge is 2.16. The number of aromatic nitrogens is 3. The molecular formula is C14H17N5O. The second-order valence-electron chi connectivity index (χ2n) is 4.86. The Bertz CT molecular complexity index is 574. The first-order valence-electron chi connectivity index (χ1n) is 6.80. The summed E-state index contributed by atoms with van der Waals surface area (Å²) in [5, 5.41) is 10.5. The number of piperidine rings is 1. The third kappa shape index (κ3) is 2.85. The summed E-state index contributed by atoms with van der Waals surface area (Å²) in [5.41, 5.74) is 1.11. The Morgan fingerprint density at radius 2 is 2.20 bits per heavy atom. The maximum atomic E-state index is 12.0. The normalized spacial score (nSPS) is 16.0. The molecular weight excluding hydrogens is 254 g/mol. The van der Waals surface area contributed by atoms with Gasteiger partial charge in [-0.3, -0.25) is 14.5 Å². The summed E-state index contributed by atoms with van der Waals surface area (Å²) < 4.78 is 1.94. The number of amides is 1. The lowest BCUT2D eigenvalue weighted by molar-refractivity contribution is 0.102. The van der Waals surface area contributed by atoms with Crippen LogP contribution in [0.25, 0.3) is 0 Å². The summed E-state index contributed by atoms with van der Waals surface area (Å²) in [4.78, 5) is 16.0. The zero-order valence-corrected chi connectivity index (χ0v) is 11.1. The average molecular weight is 271 g/mol. The Kier molecular flexibility index (Phi) is 3.73. The molecule has 20 heavy (non-hydrogen) atoms. The van der Waals surface area contributed by atoms with Gasteiger partial charge in [-0.25, -0.2) is 0 Å². The predicted molar refractivity (Wildman–Crippen MR) is 75.6 cm³/mol. The van der Waals surface area contributed by atoms with Gasteiger partial charge in [-0.2, -0.15) is 5.10 Å². The van der Waals surface area contributed by atoms with Gasteiger partial charge in [0.25, 0.3) is 5.91 Å². The van der Waals surface area contributed by atoms with Crippen LogP contribution < -0.4 is 10.6 Å². The van der Waals surface area contributed by atoms with Crippen molar-refractivity contribution in [1.82, 2.24) is 20.1 Å². The summed E-state index contributed by atoms with van der Waals surface area (Å²) >= 11 is 0. The van der Waals surface area contributed by atoms with E-state index in [-0.39, 0.29) is 5.91 Å². The van der Waals surface area contributed by atoms with Crippen molar-refractivity contribution in [2.45, 2.75) is 18.9 Å². The average Bonchev–Trinajstić information content (AvgIpc) is 2.97. The summed E-state index contributed by atoms with van der Waals surface area (Å²) in [7, 11) is 0. The quantitative estimate of drug-likeness (QED) is 0.886. The van der Waals surface area contributed by atoms with Crippen molar-refractivity contribution in [1.29, 1.82) is 0 Å². The molecule has 6 nitrogen and oxygen atoms in total. The molecule has 0 atom stereocenters. The van der Waals surface area contributed by atoms with E-state index in [1.165, 1.54) is 0 Å². The molecule has 0 bridgehead atoms. The van der Waals surface area contributed by atoms with Gasteiger partial charge < -0.3 is 10.6 Å². The molecule has 1 aliphatic heterocycles. The molecule has 1 amide bonds. The lowest BCUT2D eigenvalue weighted by Crippen LogP contribution is -2.29. The lowest BCUT2D eigenvalue weighted by Gasteiger charge is -2.22. The number of pyridine rings is 1. The van der Waals surface area contributed by atoms with E-state index in [1.807, 2.05) is 10.9 Å². The molecule has 3 heterocycles. The fraction of sp³-hybridized carbons (Fsp3) is 0.357. The Hall–Kier alpha value is -2.21. The smallest absolute Gasteiger partial charge is 0.274 e. The highest BCUT2D eigenvalue weighted by Crippen LogP contribution is 2.19. The first kappa shape index (κ1) is 12.8. The van der Waals surface area contributed by atoms with Crippen LogP contribution in [0.5, 0.6) is 0 Å². The predicted octanol–water partition coefficient (Wildman–Crippen LogP) is 1.45. The molecule has 3 rings (SSSR count). The van der Waals surface area contributed by atoms with E-state index in [1.54, 1.807) is 30.6 Å². The first-order valence-corrected chi connectivity index (χ1v) is 6.80. The fourth-order valence-electron chi connectivity index (χ4n) is 2.37. The largest absolute Gasteiger partial charge is 0.318 e. The van der Waals surface area contributed by atoms with Crippen LogP contribution in [-0.4, -0.2) is 33.8 Å². The number of anilines is 1. The van der Waals surface area contributed by atoms with Crippen molar-refractivity contribution in [2.75, 3.05) is 18.4 Å². The van der Waals surface area contributed by atoms with Crippen molar-refractivity contribution in [2.24, 2.45) is 0 Å². The Balaban J connectivity index is 1.66. The van der Waals surface area contributed by atoms with Crippen molar-refractivity contribution >= 4 is 11.6 Å². The van der Waals surface area contributed by atoms with Crippen LogP contribution in [0.15, 0.2) is 36.8 Å². The van der Waals surface area contributed by atoms with Crippen molar-refractivity contribution in [3.63, 3.8) is 0 Å². The van der Waals surface area contributed by atoms with Gasteiger partial charge in [0.2, 0.25) is 0 Å². The number of nitrogens with zero attached hydrogens (tertiary/aromatic N) is 3. The van der Waals surface area contributed by atoms with Crippen LogP contribution in [0.2, 0.25) is 0 Å². The topological polar surface area (TPSA) is 71.8 Å². The maximum absolute atomic E-state index is 12.0. The first-order chi connectivity index (χ1) is 9.83. The summed E-state index contributed by atoms with van der Waals surface area (Å²) in [6.45, 7) is 2.03.